The molecule has 1 aromatic rings. The highest BCUT2D eigenvalue weighted by Gasteiger charge is 2.45. The number of nitrogens with two attached hydrogens (primary N) is 1. The minimum atomic E-state index is -0.517. The number of halogens is 2. The van der Waals surface area contributed by atoms with Gasteiger partial charge in [-0.1, -0.05) is 31.5 Å². The zero-order valence-electron chi connectivity index (χ0n) is 21.4. The molecule has 6 nitrogen and oxygen atoms in total. The van der Waals surface area contributed by atoms with Crippen molar-refractivity contribution in [2.75, 3.05) is 32.7 Å². The maximum atomic E-state index is 14.9. The summed E-state index contributed by atoms with van der Waals surface area (Å²) in [6, 6.07) is 4.09. The van der Waals surface area contributed by atoms with Crippen LogP contribution in [0.3, 0.4) is 0 Å². The molecular weight excluding hydrogens is 455 g/mol. The van der Waals surface area contributed by atoms with Gasteiger partial charge in [0.05, 0.1) is 12.0 Å². The van der Waals surface area contributed by atoms with Gasteiger partial charge >= 0.3 is 0 Å². The summed E-state index contributed by atoms with van der Waals surface area (Å²) in [6.07, 6.45) is 0.643. The Bertz CT molecular complexity index is 903. The fourth-order valence-corrected chi connectivity index (χ4v) is 5.42. The summed E-state index contributed by atoms with van der Waals surface area (Å²) in [5, 5.41) is 0.347. The summed E-state index contributed by atoms with van der Waals surface area (Å²) in [5.74, 6) is -0.652. The highest BCUT2D eigenvalue weighted by Crippen LogP contribution is 2.39. The summed E-state index contributed by atoms with van der Waals surface area (Å²) in [5.41, 5.74) is 6.55. The second kappa shape index (κ2) is 10.5. The third-order valence-corrected chi connectivity index (χ3v) is 7.45. The molecular formula is C26H40ClFN4O2. The van der Waals surface area contributed by atoms with Gasteiger partial charge in [0.2, 0.25) is 11.8 Å². The van der Waals surface area contributed by atoms with E-state index in [1.165, 1.54) is 6.07 Å². The first-order valence-corrected chi connectivity index (χ1v) is 12.7. The molecule has 2 amide bonds. The monoisotopic (exact) mass is 494 g/mol. The minimum Gasteiger partial charge on any atom is -0.339 e. The fourth-order valence-electron chi connectivity index (χ4n) is 5.26. The third kappa shape index (κ3) is 5.92. The summed E-state index contributed by atoms with van der Waals surface area (Å²) in [6.45, 7) is 15.0. The van der Waals surface area contributed by atoms with E-state index >= 15 is 0 Å². The Balaban J connectivity index is 1.77. The van der Waals surface area contributed by atoms with E-state index in [1.54, 1.807) is 12.1 Å². The molecule has 0 spiro atoms. The van der Waals surface area contributed by atoms with Crippen LogP contribution in [0, 0.1) is 17.7 Å². The Hall–Kier alpha value is -1.70. The van der Waals surface area contributed by atoms with E-state index in [0.717, 1.165) is 0 Å². The average molecular weight is 495 g/mol. The second-order valence-electron chi connectivity index (χ2n) is 11.4. The van der Waals surface area contributed by atoms with Crippen LogP contribution >= 0.6 is 11.6 Å². The van der Waals surface area contributed by atoms with Gasteiger partial charge in [-0.05, 0) is 57.7 Å². The van der Waals surface area contributed by atoms with Crippen molar-refractivity contribution >= 4 is 23.4 Å². The quantitative estimate of drug-likeness (QED) is 0.677. The van der Waals surface area contributed by atoms with E-state index in [2.05, 4.69) is 39.5 Å². The van der Waals surface area contributed by atoms with E-state index in [9.17, 15) is 14.0 Å². The van der Waals surface area contributed by atoms with Crippen molar-refractivity contribution in [3.05, 3.63) is 34.6 Å². The van der Waals surface area contributed by atoms with Gasteiger partial charge in [0.25, 0.3) is 0 Å². The van der Waals surface area contributed by atoms with Crippen molar-refractivity contribution in [2.24, 2.45) is 17.6 Å². The molecule has 190 valence electrons. The lowest BCUT2D eigenvalue weighted by molar-refractivity contribution is -0.145. The van der Waals surface area contributed by atoms with Crippen molar-refractivity contribution in [2.45, 2.75) is 71.5 Å². The van der Waals surface area contributed by atoms with E-state index < -0.39 is 6.04 Å². The lowest BCUT2D eigenvalue weighted by Gasteiger charge is -2.42. The minimum absolute atomic E-state index is 0.0246. The highest BCUT2D eigenvalue weighted by molar-refractivity contribution is 6.30. The largest absolute Gasteiger partial charge is 0.339 e. The lowest BCUT2D eigenvalue weighted by Crippen LogP contribution is -2.59. The van der Waals surface area contributed by atoms with Gasteiger partial charge < -0.3 is 15.5 Å². The Morgan fingerprint density at radius 3 is 2.41 bits per heavy atom. The molecule has 0 aromatic heterocycles. The molecule has 0 radical (unpaired) electrons. The number of rotatable bonds is 5. The van der Waals surface area contributed by atoms with Gasteiger partial charge in [-0.3, -0.25) is 14.5 Å². The van der Waals surface area contributed by atoms with Crippen molar-refractivity contribution < 1.29 is 14.0 Å². The van der Waals surface area contributed by atoms with Gasteiger partial charge in [-0.25, -0.2) is 4.39 Å². The number of amides is 2. The summed E-state index contributed by atoms with van der Waals surface area (Å²) in [4.78, 5) is 32.5. The predicted molar refractivity (Wildman–Crippen MR) is 134 cm³/mol. The maximum Gasteiger partial charge on any atom is 0.239 e. The molecule has 2 fully saturated rings. The van der Waals surface area contributed by atoms with E-state index in [0.29, 0.717) is 55.6 Å². The third-order valence-electron chi connectivity index (χ3n) is 7.21. The first-order valence-electron chi connectivity index (χ1n) is 12.3. The molecule has 8 heteroatoms. The van der Waals surface area contributed by atoms with Crippen molar-refractivity contribution in [3.63, 3.8) is 0 Å². The molecule has 2 heterocycles. The average Bonchev–Trinajstić information content (AvgIpc) is 3.17. The SMILES string of the molecule is CC(C)C[C@H](N)C(=O)N1CCN(C(=O)[C@@H]2CN(C(C)(C)C)C[C@H]2c2ccc(Cl)cc2F)C[C@H]1C. The smallest absolute Gasteiger partial charge is 0.239 e. The van der Waals surface area contributed by atoms with E-state index in [-0.39, 0.29) is 41.0 Å². The normalized spacial score (nSPS) is 25.2. The van der Waals surface area contributed by atoms with Crippen LogP contribution < -0.4 is 5.73 Å². The number of hydrogen-bond acceptors (Lipinski definition) is 4. The van der Waals surface area contributed by atoms with E-state index in [4.69, 9.17) is 17.3 Å². The first kappa shape index (κ1) is 26.9. The number of carbonyl (C=O) groups excluding carboxylic acids is 2. The number of carbonyl (C=O) groups is 2. The first-order chi connectivity index (χ1) is 15.8. The Morgan fingerprint density at radius 1 is 1.18 bits per heavy atom. The molecule has 3 rings (SSSR count). The summed E-state index contributed by atoms with van der Waals surface area (Å²) in [7, 11) is 0. The zero-order chi connectivity index (χ0) is 25.4. The molecule has 2 saturated heterocycles. The molecule has 0 bridgehead atoms. The lowest BCUT2D eigenvalue weighted by atomic mass is 9.87. The van der Waals surface area contributed by atoms with Crippen LogP contribution in [0.25, 0.3) is 0 Å². The maximum absolute atomic E-state index is 14.9. The van der Waals surface area contributed by atoms with Crippen LogP contribution in [0.2, 0.25) is 5.02 Å². The molecule has 2 aliphatic rings. The molecule has 2 aliphatic heterocycles. The number of hydrogen-bond donors (Lipinski definition) is 1. The molecule has 0 saturated carbocycles. The standard InChI is InChI=1S/C26H40ClFN4O2/c1-16(2)11-23(29)25(34)32-10-9-30(13-17(32)3)24(33)21-15-31(26(4,5)6)14-20(21)19-8-7-18(27)12-22(19)28/h7-8,12,16-17,20-21,23H,9-11,13-15,29H2,1-6H3/t17-,20+,21-,23+/m1/s1. The van der Waals surface area contributed by atoms with Crippen molar-refractivity contribution in [3.8, 4) is 0 Å². The second-order valence-corrected chi connectivity index (χ2v) is 11.8. The van der Waals surface area contributed by atoms with Crippen LogP contribution in [-0.4, -0.2) is 76.9 Å². The van der Waals surface area contributed by atoms with Crippen molar-refractivity contribution in [1.29, 1.82) is 0 Å². The number of benzene rings is 1. The number of piperazine rings is 1. The van der Waals surface area contributed by atoms with E-state index in [1.807, 2.05) is 16.7 Å². The van der Waals surface area contributed by atoms with Crippen LogP contribution in [0.15, 0.2) is 18.2 Å². The van der Waals surface area contributed by atoms with Crippen LogP contribution in [0.4, 0.5) is 4.39 Å². The van der Waals surface area contributed by atoms with Gasteiger partial charge in [-0.15, -0.1) is 0 Å². The molecule has 2 N–H and O–H groups in total. The number of likely N-dealkylation sites (tertiary alicyclic amines) is 1. The predicted octanol–water partition coefficient (Wildman–Crippen LogP) is 3.73. The molecule has 0 unspecified atom stereocenters. The molecule has 0 aliphatic carbocycles. The van der Waals surface area contributed by atoms with Gasteiger partial charge in [0, 0.05) is 55.2 Å². The van der Waals surface area contributed by atoms with Gasteiger partial charge in [0.15, 0.2) is 0 Å². The molecule has 4 atom stereocenters. The molecule has 1 aromatic carbocycles. The topological polar surface area (TPSA) is 69.9 Å². The van der Waals surface area contributed by atoms with Gasteiger partial charge in [0.1, 0.15) is 5.82 Å². The Labute approximate surface area is 208 Å². The summed E-state index contributed by atoms with van der Waals surface area (Å²) >= 11 is 5.98. The zero-order valence-corrected chi connectivity index (χ0v) is 22.1. The van der Waals surface area contributed by atoms with Crippen LogP contribution in [-0.2, 0) is 9.59 Å². The summed E-state index contributed by atoms with van der Waals surface area (Å²) < 4.78 is 14.9. The fraction of sp³-hybridized carbons (Fsp3) is 0.692. The van der Waals surface area contributed by atoms with Crippen LogP contribution in [0.5, 0.6) is 0 Å². The van der Waals surface area contributed by atoms with Crippen molar-refractivity contribution in [1.82, 2.24) is 14.7 Å². The number of nitrogens with zero attached hydrogens (tertiary/aromatic N) is 3. The molecule has 34 heavy (non-hydrogen) atoms. The van der Waals surface area contributed by atoms with Gasteiger partial charge in [-0.2, -0.15) is 0 Å². The Morgan fingerprint density at radius 2 is 1.85 bits per heavy atom. The highest BCUT2D eigenvalue weighted by atomic mass is 35.5. The Kier molecular flexibility index (Phi) is 8.31. The van der Waals surface area contributed by atoms with Crippen LogP contribution in [0.1, 0.15) is 59.4 Å².